The molecule has 1 atom stereocenters. The van der Waals surface area contributed by atoms with Crippen molar-refractivity contribution in [3.05, 3.63) is 54.9 Å². The average molecular weight is 420 g/mol. The van der Waals surface area contributed by atoms with Crippen LogP contribution in [0.5, 0.6) is 0 Å². The molecule has 1 aliphatic heterocycles. The highest BCUT2D eigenvalue weighted by molar-refractivity contribution is 5.93. The second-order valence-corrected chi connectivity index (χ2v) is 6.53. The van der Waals surface area contributed by atoms with Crippen LogP contribution >= 0.6 is 0 Å². The number of piperazine rings is 1. The average Bonchev–Trinajstić information content (AvgIpc) is 2.73. The van der Waals surface area contributed by atoms with E-state index >= 15 is 0 Å². The smallest absolute Gasteiger partial charge is 0.368 e. The van der Waals surface area contributed by atoms with Crippen LogP contribution in [-0.2, 0) is 15.8 Å². The van der Waals surface area contributed by atoms with Crippen LogP contribution in [0.15, 0.2) is 49.3 Å². The Hall–Kier alpha value is -3.63. The monoisotopic (exact) mass is 420 g/mol. The molecule has 8 nitrogen and oxygen atoms in total. The molecule has 158 valence electrons. The molecule has 2 heterocycles. The molecule has 11 heteroatoms. The van der Waals surface area contributed by atoms with Crippen molar-refractivity contribution < 1.29 is 22.8 Å². The van der Waals surface area contributed by atoms with Crippen LogP contribution < -0.4 is 16.0 Å². The third-order valence-corrected chi connectivity index (χ3v) is 4.62. The summed E-state index contributed by atoms with van der Waals surface area (Å²) >= 11 is 0. The lowest BCUT2D eigenvalue weighted by atomic mass is 10.1. The minimum absolute atomic E-state index is 0.0926. The number of alkyl halides is 3. The number of benzene rings is 1. The van der Waals surface area contributed by atoms with Crippen LogP contribution in [0.25, 0.3) is 0 Å². The van der Waals surface area contributed by atoms with E-state index in [4.69, 9.17) is 5.73 Å². The number of nitrogens with one attached hydrogen (secondary N) is 1. The first-order chi connectivity index (χ1) is 14.2. The first kappa shape index (κ1) is 21.1. The molecule has 0 aliphatic carbocycles. The standard InChI is InChI=1S/C19H19F3N6O2/c1-2-15(29)28-10-9-27(11-14(28)16(23)30)18-17(24-7-8-25-18)26-13-5-3-12(4-6-13)19(20,21)22/h2-8,14H,1,9-11H2,(H2,23,30)(H,24,26). The maximum atomic E-state index is 12.7. The number of nitrogens with two attached hydrogens (primary N) is 1. The van der Waals surface area contributed by atoms with Gasteiger partial charge in [-0.2, -0.15) is 13.2 Å². The summed E-state index contributed by atoms with van der Waals surface area (Å²) in [6.07, 6.45) is -0.430. The maximum Gasteiger partial charge on any atom is 0.416 e. The van der Waals surface area contributed by atoms with E-state index in [1.165, 1.54) is 29.4 Å². The van der Waals surface area contributed by atoms with Gasteiger partial charge in [-0.1, -0.05) is 6.58 Å². The van der Waals surface area contributed by atoms with Gasteiger partial charge >= 0.3 is 6.18 Å². The lowest BCUT2D eigenvalue weighted by Crippen LogP contribution is -2.60. The molecule has 1 unspecified atom stereocenters. The number of hydrogen-bond donors (Lipinski definition) is 2. The first-order valence-electron chi connectivity index (χ1n) is 8.93. The van der Waals surface area contributed by atoms with Gasteiger partial charge in [0.25, 0.3) is 0 Å². The molecule has 3 rings (SSSR count). The molecule has 0 saturated carbocycles. The second-order valence-electron chi connectivity index (χ2n) is 6.53. The van der Waals surface area contributed by atoms with E-state index in [1.807, 2.05) is 0 Å². The van der Waals surface area contributed by atoms with E-state index < -0.39 is 29.6 Å². The van der Waals surface area contributed by atoms with Crippen LogP contribution in [0, 0.1) is 0 Å². The summed E-state index contributed by atoms with van der Waals surface area (Å²) in [6.45, 7) is 4.09. The number of nitrogens with zero attached hydrogens (tertiary/aromatic N) is 4. The summed E-state index contributed by atoms with van der Waals surface area (Å²) in [7, 11) is 0. The number of amides is 2. The Labute approximate surface area is 170 Å². The fraction of sp³-hybridized carbons (Fsp3) is 0.263. The third kappa shape index (κ3) is 4.50. The Balaban J connectivity index is 1.82. The molecule has 2 amide bonds. The van der Waals surface area contributed by atoms with E-state index in [0.717, 1.165) is 18.2 Å². The Morgan fingerprint density at radius 1 is 1.17 bits per heavy atom. The summed E-state index contributed by atoms with van der Waals surface area (Å²) in [5.41, 5.74) is 5.09. The van der Waals surface area contributed by atoms with Gasteiger partial charge in [-0.3, -0.25) is 9.59 Å². The van der Waals surface area contributed by atoms with Gasteiger partial charge in [-0.05, 0) is 30.3 Å². The Bertz CT molecular complexity index is 948. The molecule has 3 N–H and O–H groups in total. The van der Waals surface area contributed by atoms with Gasteiger partial charge in [0.1, 0.15) is 6.04 Å². The Morgan fingerprint density at radius 3 is 2.43 bits per heavy atom. The molecule has 1 aromatic heterocycles. The van der Waals surface area contributed by atoms with Crippen molar-refractivity contribution in [2.75, 3.05) is 29.9 Å². The molecule has 1 aromatic carbocycles. The van der Waals surface area contributed by atoms with Gasteiger partial charge in [0.05, 0.1) is 5.56 Å². The lowest BCUT2D eigenvalue weighted by molar-refractivity contribution is -0.137. The number of aromatic nitrogens is 2. The van der Waals surface area contributed by atoms with Crippen LogP contribution in [0.2, 0.25) is 0 Å². The SMILES string of the molecule is C=CC(=O)N1CCN(c2nccnc2Nc2ccc(C(F)(F)F)cc2)CC1C(N)=O. The zero-order valence-corrected chi connectivity index (χ0v) is 15.8. The summed E-state index contributed by atoms with van der Waals surface area (Å²) < 4.78 is 38.2. The van der Waals surface area contributed by atoms with Gasteiger partial charge in [0.2, 0.25) is 11.8 Å². The molecule has 30 heavy (non-hydrogen) atoms. The Kier molecular flexibility index (Phi) is 5.90. The molecule has 0 spiro atoms. The van der Waals surface area contributed by atoms with Crippen LogP contribution in [-0.4, -0.2) is 52.4 Å². The number of rotatable bonds is 5. The molecule has 0 bridgehead atoms. The van der Waals surface area contributed by atoms with Crippen LogP contribution in [0.4, 0.5) is 30.5 Å². The number of anilines is 3. The zero-order valence-electron chi connectivity index (χ0n) is 15.8. The summed E-state index contributed by atoms with van der Waals surface area (Å²) in [5, 5.41) is 2.94. The van der Waals surface area contributed by atoms with Crippen LogP contribution in [0.1, 0.15) is 5.56 Å². The predicted molar refractivity (Wildman–Crippen MR) is 104 cm³/mol. The van der Waals surface area contributed by atoms with Crippen molar-refractivity contribution in [1.82, 2.24) is 14.9 Å². The number of halogens is 3. The minimum Gasteiger partial charge on any atom is -0.368 e. The minimum atomic E-state index is -4.43. The van der Waals surface area contributed by atoms with Crippen molar-refractivity contribution >= 4 is 29.1 Å². The highest BCUT2D eigenvalue weighted by atomic mass is 19.4. The topological polar surface area (TPSA) is 104 Å². The van der Waals surface area contributed by atoms with Crippen molar-refractivity contribution in [3.8, 4) is 0 Å². The fourth-order valence-corrected chi connectivity index (χ4v) is 3.13. The molecule has 0 radical (unpaired) electrons. The van der Waals surface area contributed by atoms with Crippen molar-refractivity contribution in [2.24, 2.45) is 5.73 Å². The molecule has 1 fully saturated rings. The van der Waals surface area contributed by atoms with Gasteiger partial charge in [-0.15, -0.1) is 0 Å². The zero-order chi connectivity index (χ0) is 21.9. The van der Waals surface area contributed by atoms with E-state index in [9.17, 15) is 22.8 Å². The number of hydrogen-bond acceptors (Lipinski definition) is 6. The fourth-order valence-electron chi connectivity index (χ4n) is 3.13. The summed E-state index contributed by atoms with van der Waals surface area (Å²) in [4.78, 5) is 35.4. The van der Waals surface area contributed by atoms with Gasteiger partial charge in [0, 0.05) is 37.7 Å². The molecule has 1 aliphatic rings. The van der Waals surface area contributed by atoms with Crippen LogP contribution in [0.3, 0.4) is 0 Å². The predicted octanol–water partition coefficient (Wildman–Crippen LogP) is 1.93. The van der Waals surface area contributed by atoms with Crippen molar-refractivity contribution in [3.63, 3.8) is 0 Å². The van der Waals surface area contributed by atoms with E-state index in [2.05, 4.69) is 21.9 Å². The normalized spacial score (nSPS) is 16.8. The van der Waals surface area contributed by atoms with Gasteiger partial charge in [-0.25, -0.2) is 9.97 Å². The number of carbonyl (C=O) groups excluding carboxylic acids is 2. The number of carbonyl (C=O) groups is 2. The number of primary amides is 1. The third-order valence-electron chi connectivity index (χ3n) is 4.62. The van der Waals surface area contributed by atoms with E-state index in [-0.39, 0.29) is 13.1 Å². The highest BCUT2D eigenvalue weighted by Gasteiger charge is 2.34. The maximum absolute atomic E-state index is 12.7. The van der Waals surface area contributed by atoms with E-state index in [0.29, 0.717) is 23.9 Å². The van der Waals surface area contributed by atoms with Gasteiger partial charge in [0.15, 0.2) is 11.6 Å². The molecule has 1 saturated heterocycles. The lowest BCUT2D eigenvalue weighted by Gasteiger charge is -2.40. The van der Waals surface area contributed by atoms with Crippen molar-refractivity contribution in [2.45, 2.75) is 12.2 Å². The van der Waals surface area contributed by atoms with Crippen molar-refractivity contribution in [1.29, 1.82) is 0 Å². The molecular formula is C19H19F3N6O2. The summed E-state index contributed by atoms with van der Waals surface area (Å²) in [6, 6.07) is 3.61. The molecule has 2 aromatic rings. The van der Waals surface area contributed by atoms with Gasteiger partial charge < -0.3 is 20.9 Å². The molecular weight excluding hydrogens is 401 g/mol. The Morgan fingerprint density at radius 2 is 1.83 bits per heavy atom. The second kappa shape index (κ2) is 8.39. The summed E-state index contributed by atoms with van der Waals surface area (Å²) in [5.74, 6) is -0.393. The van der Waals surface area contributed by atoms with E-state index in [1.54, 1.807) is 4.90 Å². The highest BCUT2D eigenvalue weighted by Crippen LogP contribution is 2.31. The largest absolute Gasteiger partial charge is 0.416 e. The quantitative estimate of drug-likeness (QED) is 0.717. The first-order valence-corrected chi connectivity index (χ1v) is 8.93.